The van der Waals surface area contributed by atoms with E-state index in [-0.39, 0.29) is 51.4 Å². The van der Waals surface area contributed by atoms with Crippen molar-refractivity contribution in [1.29, 1.82) is 0 Å². The second kappa shape index (κ2) is 9.49. The molecule has 6 nitrogen and oxygen atoms in total. The first-order valence-corrected chi connectivity index (χ1v) is 12.7. The van der Waals surface area contributed by atoms with E-state index in [0.717, 1.165) is 57.3 Å². The van der Waals surface area contributed by atoms with E-state index in [1.165, 1.54) is 41.5 Å². The van der Waals surface area contributed by atoms with Crippen LogP contribution in [0, 0.1) is 0 Å². The largest absolute Gasteiger partial charge is 1.00 e. The van der Waals surface area contributed by atoms with Gasteiger partial charge in [0.1, 0.15) is 0 Å². The Morgan fingerprint density at radius 2 is 1.53 bits per heavy atom. The molecule has 1 aromatic rings. The van der Waals surface area contributed by atoms with Gasteiger partial charge in [0.2, 0.25) is 0 Å². The summed E-state index contributed by atoms with van der Waals surface area (Å²) >= 11 is 0. The Morgan fingerprint density at radius 3 is 2.07 bits per heavy atom. The third kappa shape index (κ3) is 4.56. The van der Waals surface area contributed by atoms with Crippen LogP contribution in [0.25, 0.3) is 4.72 Å². The minimum absolute atomic E-state index is 0. The average Bonchev–Trinajstić information content (AvgIpc) is 3.29. The van der Waals surface area contributed by atoms with E-state index in [9.17, 15) is 13.2 Å². The number of sulfonamides is 1. The molecular weight excluding hydrogens is 425 g/mol. The molecule has 0 aromatic heterocycles. The molecule has 0 radical (unpaired) electrons. The number of hydrogen-bond donors (Lipinski definition) is 1. The molecular formula is C22H30KN3O3S. The van der Waals surface area contributed by atoms with E-state index in [4.69, 9.17) is 0 Å². The van der Waals surface area contributed by atoms with E-state index in [2.05, 4.69) is 21.0 Å². The minimum Gasteiger partial charge on any atom is -0.423 e. The zero-order valence-corrected chi connectivity index (χ0v) is 21.9. The number of hydrogen-bond acceptors (Lipinski definition) is 4. The molecule has 5 rings (SSSR count). The number of fused-ring (bicyclic) bond motifs is 2. The number of amides is 2. The Bertz CT molecular complexity index is 890. The first-order chi connectivity index (χ1) is 14.0. The van der Waals surface area contributed by atoms with Gasteiger partial charge in [0.25, 0.3) is 0 Å². The number of aryl methyl sites for hydroxylation is 2. The molecule has 30 heavy (non-hydrogen) atoms. The van der Waals surface area contributed by atoms with E-state index in [1.807, 2.05) is 0 Å². The molecule has 1 saturated carbocycles. The van der Waals surface area contributed by atoms with Gasteiger partial charge in [-0.2, -0.15) is 0 Å². The maximum atomic E-state index is 12.8. The third-order valence-electron chi connectivity index (χ3n) is 7.40. The number of anilines is 1. The minimum atomic E-state index is -3.78. The number of benzene rings is 1. The molecule has 158 valence electrons. The average molecular weight is 456 g/mol. The Balaban J connectivity index is 0.00000218. The van der Waals surface area contributed by atoms with Gasteiger partial charge in [0.15, 0.2) is 16.1 Å². The number of carbonyl (C=O) groups is 1. The summed E-state index contributed by atoms with van der Waals surface area (Å²) in [5.41, 5.74) is 5.87. The summed E-state index contributed by atoms with van der Waals surface area (Å²) in [6.07, 6.45) is 11.1. The number of carbonyl (C=O) groups excluding carboxylic acids is 1. The first-order valence-electron chi connectivity index (χ1n) is 11.2. The molecule has 0 atom stereocenters. The molecule has 4 aliphatic rings. The second-order valence-corrected chi connectivity index (χ2v) is 11.0. The van der Waals surface area contributed by atoms with Gasteiger partial charge in [-0.15, -0.1) is 0 Å². The Labute approximate surface area is 222 Å². The van der Waals surface area contributed by atoms with Crippen LogP contribution >= 0.6 is 0 Å². The van der Waals surface area contributed by atoms with Crippen molar-refractivity contribution >= 4 is 21.7 Å². The summed E-state index contributed by atoms with van der Waals surface area (Å²) in [6.45, 7) is 1.59. The molecule has 0 bridgehead atoms. The zero-order valence-electron chi connectivity index (χ0n) is 18.0. The summed E-state index contributed by atoms with van der Waals surface area (Å²) in [7, 11) is -3.78. The van der Waals surface area contributed by atoms with Crippen molar-refractivity contribution in [1.82, 2.24) is 4.90 Å². The Morgan fingerprint density at radius 1 is 0.933 bits per heavy atom. The standard InChI is InChI=1S/C22H31N3O3S.K/c26-22(23-21-19-8-1-4-15(19)14-16-5-2-9-20(16)21)24-29(27,28)18-10-12-25(13-11-18)17-6-3-7-17;/h14,17-18H,1-13H2,(H2,23,24,26);/q;+1/p-1. The van der Waals surface area contributed by atoms with E-state index in [0.29, 0.717) is 18.9 Å². The summed E-state index contributed by atoms with van der Waals surface area (Å²) in [6, 6.07) is 2.21. The van der Waals surface area contributed by atoms with Gasteiger partial charge in [-0.05, 0) is 105 Å². The van der Waals surface area contributed by atoms with Gasteiger partial charge in [0, 0.05) is 6.04 Å². The quantitative estimate of drug-likeness (QED) is 0.685. The number of nitrogens with zero attached hydrogens (tertiary/aromatic N) is 2. The van der Waals surface area contributed by atoms with Crippen molar-refractivity contribution in [2.45, 2.75) is 81.9 Å². The van der Waals surface area contributed by atoms with E-state index < -0.39 is 21.3 Å². The molecule has 1 N–H and O–H groups in total. The fourth-order valence-corrected chi connectivity index (χ4v) is 6.81. The molecule has 1 aromatic carbocycles. The fraction of sp³-hybridized carbons (Fsp3) is 0.682. The van der Waals surface area contributed by atoms with Crippen LogP contribution in [0.5, 0.6) is 0 Å². The SMILES string of the molecule is O=C([N-]S(=O)(=O)C1CCN(C2CCC2)CC1)Nc1c2c(cc3c1CCC3)CCC2.[K+]. The topological polar surface area (TPSA) is 80.6 Å². The van der Waals surface area contributed by atoms with Gasteiger partial charge in [-0.1, -0.05) is 12.5 Å². The van der Waals surface area contributed by atoms with Crippen molar-refractivity contribution in [3.63, 3.8) is 0 Å². The summed E-state index contributed by atoms with van der Waals surface area (Å²) < 4.78 is 29.2. The molecule has 2 fully saturated rings. The van der Waals surface area contributed by atoms with Gasteiger partial charge < -0.3 is 14.9 Å². The van der Waals surface area contributed by atoms with Crippen LogP contribution in [0.2, 0.25) is 0 Å². The summed E-state index contributed by atoms with van der Waals surface area (Å²) in [5, 5.41) is 2.36. The Kier molecular flexibility index (Phi) is 7.34. The number of piperidine rings is 1. The molecule has 8 heteroatoms. The third-order valence-corrected chi connectivity index (χ3v) is 9.14. The normalized spacial score (nSPS) is 22.0. The van der Waals surface area contributed by atoms with Crippen molar-refractivity contribution in [2.24, 2.45) is 0 Å². The van der Waals surface area contributed by atoms with Crippen LogP contribution in [-0.2, 0) is 35.7 Å². The number of nitrogens with one attached hydrogen (secondary N) is 1. The molecule has 1 saturated heterocycles. The van der Waals surface area contributed by atoms with Crippen molar-refractivity contribution < 1.29 is 64.6 Å². The monoisotopic (exact) mass is 455 g/mol. The maximum Gasteiger partial charge on any atom is 1.00 e. The predicted molar refractivity (Wildman–Crippen MR) is 114 cm³/mol. The number of likely N-dealkylation sites (tertiary alicyclic amines) is 1. The van der Waals surface area contributed by atoms with Crippen molar-refractivity contribution in [3.8, 4) is 0 Å². The van der Waals surface area contributed by atoms with Gasteiger partial charge in [-0.25, -0.2) is 8.42 Å². The van der Waals surface area contributed by atoms with Crippen LogP contribution < -0.4 is 56.7 Å². The molecule has 2 amide bonds. The molecule has 0 spiro atoms. The van der Waals surface area contributed by atoms with E-state index >= 15 is 0 Å². The number of rotatable bonds is 4. The predicted octanol–water partition coefficient (Wildman–Crippen LogP) is 0.920. The Hall–Kier alpha value is 0.0364. The molecule has 0 unspecified atom stereocenters. The fourth-order valence-electron chi connectivity index (χ4n) is 5.58. The van der Waals surface area contributed by atoms with E-state index in [1.54, 1.807) is 0 Å². The first kappa shape index (κ1) is 23.2. The van der Waals surface area contributed by atoms with Gasteiger partial charge in [-0.3, -0.25) is 4.79 Å². The molecule has 1 aliphatic heterocycles. The molecule has 1 heterocycles. The van der Waals surface area contributed by atoms with Gasteiger partial charge >= 0.3 is 51.4 Å². The zero-order chi connectivity index (χ0) is 20.0. The molecule has 3 aliphatic carbocycles. The van der Waals surface area contributed by atoms with Crippen LogP contribution in [0.15, 0.2) is 6.07 Å². The van der Waals surface area contributed by atoms with Crippen LogP contribution in [0.4, 0.5) is 10.5 Å². The van der Waals surface area contributed by atoms with Crippen molar-refractivity contribution in [3.05, 3.63) is 33.0 Å². The summed E-state index contributed by atoms with van der Waals surface area (Å²) in [5.74, 6) is 0. The smallest absolute Gasteiger partial charge is 0.423 e. The van der Waals surface area contributed by atoms with Crippen molar-refractivity contribution in [2.75, 3.05) is 18.4 Å². The number of urea groups is 1. The summed E-state index contributed by atoms with van der Waals surface area (Å²) in [4.78, 5) is 15.0. The second-order valence-electron chi connectivity index (χ2n) is 9.09. The van der Waals surface area contributed by atoms with Crippen LogP contribution in [0.1, 0.15) is 67.2 Å². The van der Waals surface area contributed by atoms with Crippen LogP contribution in [-0.4, -0.2) is 43.7 Å². The van der Waals surface area contributed by atoms with Crippen LogP contribution in [0.3, 0.4) is 0 Å². The van der Waals surface area contributed by atoms with Gasteiger partial charge in [0.05, 0.1) is 5.25 Å². The maximum absolute atomic E-state index is 12.8.